The molecule has 1 amide bonds. The maximum atomic E-state index is 12.1. The van der Waals surface area contributed by atoms with E-state index in [0.29, 0.717) is 0 Å². The molecular formula is C13H20NO7P. The molecule has 1 rings (SSSR count). The van der Waals surface area contributed by atoms with E-state index < -0.39 is 19.0 Å². The summed E-state index contributed by atoms with van der Waals surface area (Å²) in [6, 6.07) is 3.95. The Morgan fingerprint density at radius 2 is 1.82 bits per heavy atom. The molecule has 8 nitrogen and oxygen atoms in total. The average molecular weight is 333 g/mol. The predicted molar refractivity (Wildman–Crippen MR) is 78.5 cm³/mol. The van der Waals surface area contributed by atoms with Crippen LogP contribution in [0.2, 0.25) is 0 Å². The number of rotatable bonds is 8. The van der Waals surface area contributed by atoms with Crippen LogP contribution in [0.15, 0.2) is 18.2 Å². The Balaban J connectivity index is 3.69. The number of hydrogen-bond donors (Lipinski definition) is 3. The summed E-state index contributed by atoms with van der Waals surface area (Å²) in [5.41, 5.74) is 2.81. The number of benzene rings is 1. The molecule has 0 fully saturated rings. The fourth-order valence-electron chi connectivity index (χ4n) is 2.02. The minimum absolute atomic E-state index is 0.0327. The number of hydrogen-bond acceptors (Lipinski definition) is 5. The zero-order valence-electron chi connectivity index (χ0n) is 12.6. The quantitative estimate of drug-likeness (QED) is 0.481. The topological polar surface area (TPSA) is 128 Å². The van der Waals surface area contributed by atoms with Gasteiger partial charge in [-0.15, -0.1) is 0 Å². The van der Waals surface area contributed by atoms with Crippen LogP contribution in [-0.4, -0.2) is 36.0 Å². The first kappa shape index (κ1) is 18.6. The van der Waals surface area contributed by atoms with Crippen LogP contribution in [0.4, 0.5) is 0 Å². The second-order valence-corrected chi connectivity index (χ2v) is 5.95. The van der Waals surface area contributed by atoms with E-state index in [-0.39, 0.29) is 30.1 Å². The van der Waals surface area contributed by atoms with E-state index in [1.54, 1.807) is 13.8 Å². The highest BCUT2D eigenvalue weighted by molar-refractivity contribution is 7.52. The summed E-state index contributed by atoms with van der Waals surface area (Å²) in [7, 11) is -3.60. The standard InChI is InChI=1S/C13H20NO7P/c1-4-20-13(21-5-2,22(16,17)18)10-8-9(12(14)15)6-7-11(10)19-3/h6-8H,4-5H2,1-3H3,(H2,14,15)(H2,16,17,18). The van der Waals surface area contributed by atoms with Crippen molar-refractivity contribution in [2.24, 2.45) is 5.73 Å². The molecule has 4 N–H and O–H groups in total. The average Bonchev–Trinajstić information content (AvgIpc) is 2.44. The predicted octanol–water partition coefficient (Wildman–Crippen LogP) is 1.16. The van der Waals surface area contributed by atoms with Gasteiger partial charge in [0.1, 0.15) is 5.75 Å². The van der Waals surface area contributed by atoms with Gasteiger partial charge in [-0.1, -0.05) is 0 Å². The zero-order valence-corrected chi connectivity index (χ0v) is 13.5. The maximum Gasteiger partial charge on any atom is 0.389 e. The van der Waals surface area contributed by atoms with E-state index in [4.69, 9.17) is 19.9 Å². The summed E-state index contributed by atoms with van der Waals surface area (Å²) in [6.07, 6.45) is 0. The van der Waals surface area contributed by atoms with Gasteiger partial charge in [0.25, 0.3) is 0 Å². The van der Waals surface area contributed by atoms with E-state index in [0.717, 1.165) is 0 Å². The highest BCUT2D eigenvalue weighted by Gasteiger charge is 2.53. The van der Waals surface area contributed by atoms with Crippen LogP contribution in [0.25, 0.3) is 0 Å². The molecule has 124 valence electrons. The SMILES string of the molecule is CCOC(OCC)(c1cc(C(N)=O)ccc1OC)P(=O)(O)O. The molecule has 0 unspecified atom stereocenters. The minimum atomic E-state index is -4.93. The van der Waals surface area contributed by atoms with Gasteiger partial charge in [-0.05, 0) is 32.0 Å². The van der Waals surface area contributed by atoms with E-state index in [1.807, 2.05) is 0 Å². The van der Waals surface area contributed by atoms with Crippen LogP contribution in [0.3, 0.4) is 0 Å². The van der Waals surface area contributed by atoms with Crippen molar-refractivity contribution in [3.8, 4) is 5.75 Å². The number of primary amides is 1. The molecule has 1 aromatic carbocycles. The third-order valence-electron chi connectivity index (χ3n) is 2.89. The van der Waals surface area contributed by atoms with Crippen LogP contribution in [-0.2, 0) is 19.6 Å². The molecule has 0 spiro atoms. The van der Waals surface area contributed by atoms with Crippen LogP contribution in [0.5, 0.6) is 5.75 Å². The molecule has 0 saturated carbocycles. The molecule has 0 atom stereocenters. The summed E-state index contributed by atoms with van der Waals surface area (Å²) in [6.45, 7) is 3.06. The molecule has 9 heteroatoms. The fourth-order valence-corrected chi connectivity index (χ4v) is 3.10. The highest BCUT2D eigenvalue weighted by atomic mass is 31.2. The number of carbonyl (C=O) groups excluding carboxylic acids is 1. The number of amides is 1. The summed E-state index contributed by atoms with van der Waals surface area (Å²) in [5.74, 6) is -0.647. The van der Waals surface area contributed by atoms with Crippen LogP contribution >= 0.6 is 7.60 Å². The van der Waals surface area contributed by atoms with Crippen LogP contribution < -0.4 is 10.5 Å². The monoisotopic (exact) mass is 333 g/mol. The zero-order chi connectivity index (χ0) is 17.0. The molecular weight excluding hydrogens is 313 g/mol. The number of carbonyl (C=O) groups is 1. The van der Waals surface area contributed by atoms with Crippen molar-refractivity contribution in [2.75, 3.05) is 20.3 Å². The third-order valence-corrected chi connectivity index (χ3v) is 4.15. The molecule has 22 heavy (non-hydrogen) atoms. The molecule has 0 heterocycles. The Kier molecular flexibility index (Phi) is 6.10. The molecule has 0 aliphatic heterocycles. The van der Waals surface area contributed by atoms with Crippen molar-refractivity contribution in [2.45, 2.75) is 19.4 Å². The lowest BCUT2D eigenvalue weighted by Gasteiger charge is -2.34. The van der Waals surface area contributed by atoms with Crippen molar-refractivity contribution in [3.05, 3.63) is 29.3 Å². The normalized spacial score (nSPS) is 12.2. The Labute approximate surface area is 128 Å². The third kappa shape index (κ3) is 3.48. The second-order valence-electron chi connectivity index (χ2n) is 4.27. The summed E-state index contributed by atoms with van der Waals surface area (Å²) in [4.78, 5) is 30.9. The van der Waals surface area contributed by atoms with Crippen molar-refractivity contribution in [3.63, 3.8) is 0 Å². The molecule has 0 bridgehead atoms. The first-order valence-electron chi connectivity index (χ1n) is 6.55. The fraction of sp³-hybridized carbons (Fsp3) is 0.462. The van der Waals surface area contributed by atoms with Crippen molar-refractivity contribution in [1.82, 2.24) is 0 Å². The molecule has 0 aliphatic carbocycles. The van der Waals surface area contributed by atoms with E-state index in [1.165, 1.54) is 25.3 Å². The van der Waals surface area contributed by atoms with Crippen LogP contribution in [0.1, 0.15) is 29.8 Å². The van der Waals surface area contributed by atoms with Gasteiger partial charge in [0, 0.05) is 18.8 Å². The van der Waals surface area contributed by atoms with Gasteiger partial charge >= 0.3 is 13.1 Å². The van der Waals surface area contributed by atoms with Gasteiger partial charge in [0.05, 0.1) is 12.7 Å². The lowest BCUT2D eigenvalue weighted by molar-refractivity contribution is -0.193. The minimum Gasteiger partial charge on any atom is -0.496 e. The smallest absolute Gasteiger partial charge is 0.389 e. The van der Waals surface area contributed by atoms with Gasteiger partial charge in [0.2, 0.25) is 5.91 Å². The summed E-state index contributed by atoms with van der Waals surface area (Å²) in [5, 5.41) is 0. The van der Waals surface area contributed by atoms with Crippen molar-refractivity contribution in [1.29, 1.82) is 0 Å². The lowest BCUT2D eigenvalue weighted by atomic mass is 10.1. The van der Waals surface area contributed by atoms with Gasteiger partial charge < -0.3 is 29.7 Å². The van der Waals surface area contributed by atoms with Crippen molar-refractivity contribution < 1.29 is 33.4 Å². The van der Waals surface area contributed by atoms with Gasteiger partial charge in [0.15, 0.2) is 0 Å². The van der Waals surface area contributed by atoms with Crippen LogP contribution in [0, 0.1) is 0 Å². The highest BCUT2D eigenvalue weighted by Crippen LogP contribution is 2.60. The summed E-state index contributed by atoms with van der Waals surface area (Å²) >= 11 is 0. The first-order valence-corrected chi connectivity index (χ1v) is 8.16. The summed E-state index contributed by atoms with van der Waals surface area (Å²) < 4.78 is 27.7. The Bertz CT molecular complexity index is 578. The largest absolute Gasteiger partial charge is 0.496 e. The maximum absolute atomic E-state index is 12.1. The van der Waals surface area contributed by atoms with E-state index in [2.05, 4.69) is 0 Å². The van der Waals surface area contributed by atoms with E-state index >= 15 is 0 Å². The first-order chi connectivity index (χ1) is 10.2. The molecule has 0 saturated heterocycles. The Morgan fingerprint density at radius 1 is 1.27 bits per heavy atom. The lowest BCUT2D eigenvalue weighted by Crippen LogP contribution is -2.34. The molecule has 0 aliphatic rings. The van der Waals surface area contributed by atoms with Gasteiger partial charge in [-0.3, -0.25) is 9.36 Å². The molecule has 0 radical (unpaired) electrons. The van der Waals surface area contributed by atoms with Gasteiger partial charge in [-0.25, -0.2) is 0 Å². The van der Waals surface area contributed by atoms with Gasteiger partial charge in [-0.2, -0.15) is 0 Å². The number of ether oxygens (including phenoxy) is 3. The number of methoxy groups -OCH3 is 1. The molecule has 1 aromatic rings. The second kappa shape index (κ2) is 7.21. The Hall–Kier alpha value is -1.44. The van der Waals surface area contributed by atoms with E-state index in [9.17, 15) is 19.1 Å². The Morgan fingerprint density at radius 3 is 2.18 bits per heavy atom. The van der Waals surface area contributed by atoms with Crippen molar-refractivity contribution >= 4 is 13.5 Å². The molecule has 0 aromatic heterocycles. The number of nitrogens with two attached hydrogens (primary N) is 1.